The number of hydrogen-bond donors (Lipinski definition) is 1. The average molecular weight is 511 g/mol. The van der Waals surface area contributed by atoms with Gasteiger partial charge in [-0.3, -0.25) is 14.2 Å². The molecule has 0 spiro atoms. The second-order valence-electron chi connectivity index (χ2n) is 5.14. The zero-order valence-electron chi connectivity index (χ0n) is 12.8. The first-order valence-electron chi connectivity index (χ1n) is 7.01. The van der Waals surface area contributed by atoms with Crippen LogP contribution in [0, 0.1) is 3.57 Å². The summed E-state index contributed by atoms with van der Waals surface area (Å²) >= 11 is 20.6. The Morgan fingerprint density at radius 3 is 2.52 bits per heavy atom. The number of halogens is 4. The summed E-state index contributed by atoms with van der Waals surface area (Å²) in [6.07, 6.45) is 3.21. The molecule has 0 bridgehead atoms. The van der Waals surface area contributed by atoms with Gasteiger partial charge in [0, 0.05) is 28.9 Å². The number of hydrogen-bond acceptors (Lipinski definition) is 3. The summed E-state index contributed by atoms with van der Waals surface area (Å²) in [5, 5.41) is 12.4. The van der Waals surface area contributed by atoms with Crippen molar-refractivity contribution >= 4 is 69.1 Å². The van der Waals surface area contributed by atoms with Crippen molar-refractivity contribution in [1.29, 1.82) is 0 Å². The van der Waals surface area contributed by atoms with Gasteiger partial charge in [-0.15, -0.1) is 0 Å². The number of aryl methyl sites for hydroxylation is 1. The first kappa shape index (κ1) is 18.5. The Morgan fingerprint density at radius 2 is 1.92 bits per heavy atom. The molecule has 0 fully saturated rings. The van der Waals surface area contributed by atoms with Gasteiger partial charge in [0.1, 0.15) is 10.7 Å². The molecule has 0 unspecified atom stereocenters. The maximum absolute atomic E-state index is 12.4. The number of nitrogens with one attached hydrogen (secondary N) is 1. The molecule has 10 heteroatoms. The Kier molecular flexibility index (Phi) is 5.57. The quantitative estimate of drug-likeness (QED) is 0.527. The van der Waals surface area contributed by atoms with E-state index >= 15 is 0 Å². The number of benzene rings is 1. The fourth-order valence-electron chi connectivity index (χ4n) is 2.24. The first-order chi connectivity index (χ1) is 11.9. The second-order valence-corrected chi connectivity index (χ2v) is 7.53. The Hall–Kier alpha value is -1.29. The molecule has 130 valence electrons. The molecule has 3 aromatic rings. The second kappa shape index (κ2) is 7.53. The van der Waals surface area contributed by atoms with Crippen LogP contribution in [-0.2, 0) is 13.6 Å². The summed E-state index contributed by atoms with van der Waals surface area (Å²) in [6, 6.07) is 5.27. The van der Waals surface area contributed by atoms with Gasteiger partial charge in [-0.25, -0.2) is 0 Å². The van der Waals surface area contributed by atoms with Crippen molar-refractivity contribution in [3.8, 4) is 0 Å². The van der Waals surface area contributed by atoms with E-state index in [1.165, 1.54) is 4.68 Å². The van der Waals surface area contributed by atoms with Crippen LogP contribution < -0.4 is 5.32 Å². The third kappa shape index (κ3) is 3.94. The number of carbonyl (C=O) groups is 1. The molecule has 2 heterocycles. The monoisotopic (exact) mass is 509 g/mol. The Bertz CT molecular complexity index is 913. The topological polar surface area (TPSA) is 64.7 Å². The summed E-state index contributed by atoms with van der Waals surface area (Å²) < 4.78 is 3.79. The summed E-state index contributed by atoms with van der Waals surface area (Å²) in [5.41, 5.74) is 1.16. The molecule has 1 N–H and O–H groups in total. The van der Waals surface area contributed by atoms with Crippen LogP contribution in [0.15, 0.2) is 30.6 Å². The lowest BCUT2D eigenvalue weighted by molar-refractivity contribution is 0.101. The zero-order valence-corrected chi connectivity index (χ0v) is 17.2. The van der Waals surface area contributed by atoms with Gasteiger partial charge in [-0.2, -0.15) is 10.2 Å². The van der Waals surface area contributed by atoms with E-state index in [1.807, 2.05) is 22.6 Å². The number of rotatable bonds is 4. The van der Waals surface area contributed by atoms with Crippen LogP contribution in [0.5, 0.6) is 0 Å². The van der Waals surface area contributed by atoms with E-state index in [0.717, 1.165) is 9.13 Å². The van der Waals surface area contributed by atoms with Gasteiger partial charge < -0.3 is 5.32 Å². The van der Waals surface area contributed by atoms with Gasteiger partial charge in [-0.1, -0.05) is 40.9 Å². The standard InChI is InChI=1S/C15H11Cl3IN5O/c1-23-13(12(19)5-20-23)15(25)21-14-11(18)7-24(22-14)6-8-9(16)3-2-4-10(8)17/h2-5,7H,6H2,1H3,(H,21,22,25). The Morgan fingerprint density at radius 1 is 1.24 bits per heavy atom. The van der Waals surface area contributed by atoms with Crippen molar-refractivity contribution in [3.63, 3.8) is 0 Å². The summed E-state index contributed by atoms with van der Waals surface area (Å²) in [5.74, 6) is -0.0841. The normalized spacial score (nSPS) is 10.9. The minimum Gasteiger partial charge on any atom is -0.302 e. The number of amides is 1. The fraction of sp³-hybridized carbons (Fsp3) is 0.133. The van der Waals surface area contributed by atoms with Crippen LogP contribution in [0.2, 0.25) is 15.1 Å². The third-order valence-electron chi connectivity index (χ3n) is 3.44. The molecule has 25 heavy (non-hydrogen) atoms. The molecule has 1 aromatic carbocycles. The van der Waals surface area contributed by atoms with E-state index < -0.39 is 0 Å². The van der Waals surface area contributed by atoms with Crippen LogP contribution in [0.25, 0.3) is 0 Å². The highest BCUT2D eigenvalue weighted by molar-refractivity contribution is 14.1. The SMILES string of the molecule is Cn1ncc(I)c1C(=O)Nc1nn(Cc2c(Cl)cccc2Cl)cc1Cl. The summed E-state index contributed by atoms with van der Waals surface area (Å²) in [6.45, 7) is 0.331. The fourth-order valence-corrected chi connectivity index (χ4v) is 3.67. The zero-order chi connectivity index (χ0) is 18.1. The highest BCUT2D eigenvalue weighted by atomic mass is 127. The molecule has 0 saturated heterocycles. The van der Waals surface area contributed by atoms with Crippen molar-refractivity contribution in [3.05, 3.63) is 60.5 Å². The van der Waals surface area contributed by atoms with Gasteiger partial charge in [0.25, 0.3) is 5.91 Å². The maximum Gasteiger partial charge on any atom is 0.276 e. The summed E-state index contributed by atoms with van der Waals surface area (Å²) in [4.78, 5) is 12.4. The molecule has 0 aliphatic heterocycles. The van der Waals surface area contributed by atoms with Crippen molar-refractivity contribution < 1.29 is 4.79 Å². The van der Waals surface area contributed by atoms with Gasteiger partial charge in [0.05, 0.1) is 16.3 Å². The van der Waals surface area contributed by atoms with Crippen molar-refractivity contribution in [2.45, 2.75) is 6.54 Å². The van der Waals surface area contributed by atoms with Crippen molar-refractivity contribution in [2.75, 3.05) is 5.32 Å². The molecule has 0 aliphatic rings. The molecule has 3 rings (SSSR count). The molecular formula is C15H11Cl3IN5O. The van der Waals surface area contributed by atoms with Crippen LogP contribution in [0.4, 0.5) is 5.82 Å². The van der Waals surface area contributed by atoms with E-state index in [1.54, 1.807) is 42.3 Å². The van der Waals surface area contributed by atoms with E-state index in [0.29, 0.717) is 27.3 Å². The van der Waals surface area contributed by atoms with Crippen molar-refractivity contribution in [2.24, 2.45) is 7.05 Å². The van der Waals surface area contributed by atoms with E-state index in [-0.39, 0.29) is 11.7 Å². The Labute approximate surface area is 172 Å². The highest BCUT2D eigenvalue weighted by Crippen LogP contribution is 2.27. The molecule has 6 nitrogen and oxygen atoms in total. The number of carbonyl (C=O) groups excluding carboxylic acids is 1. The van der Waals surface area contributed by atoms with Gasteiger partial charge >= 0.3 is 0 Å². The van der Waals surface area contributed by atoms with E-state index in [4.69, 9.17) is 34.8 Å². The average Bonchev–Trinajstić information content (AvgIpc) is 3.06. The first-order valence-corrected chi connectivity index (χ1v) is 9.22. The van der Waals surface area contributed by atoms with Crippen LogP contribution in [0.3, 0.4) is 0 Å². The number of aromatic nitrogens is 4. The molecule has 1 amide bonds. The van der Waals surface area contributed by atoms with Gasteiger partial charge in [0.15, 0.2) is 5.82 Å². The van der Waals surface area contributed by atoms with Crippen LogP contribution in [0.1, 0.15) is 16.1 Å². The molecule has 2 aromatic heterocycles. The van der Waals surface area contributed by atoms with Crippen LogP contribution >= 0.6 is 57.4 Å². The predicted octanol–water partition coefficient (Wildman–Crippen LogP) is 4.48. The molecule has 0 aliphatic carbocycles. The minimum absolute atomic E-state index is 0.256. The van der Waals surface area contributed by atoms with Crippen molar-refractivity contribution in [1.82, 2.24) is 19.6 Å². The highest BCUT2D eigenvalue weighted by Gasteiger charge is 2.18. The lowest BCUT2D eigenvalue weighted by Crippen LogP contribution is -2.18. The Balaban J connectivity index is 1.82. The van der Waals surface area contributed by atoms with E-state index in [2.05, 4.69) is 15.5 Å². The largest absolute Gasteiger partial charge is 0.302 e. The van der Waals surface area contributed by atoms with Gasteiger partial charge in [0.2, 0.25) is 0 Å². The maximum atomic E-state index is 12.4. The molecule has 0 saturated carbocycles. The predicted molar refractivity (Wildman–Crippen MR) is 107 cm³/mol. The lowest BCUT2D eigenvalue weighted by Gasteiger charge is -2.07. The molecule has 0 atom stereocenters. The number of nitrogens with zero attached hydrogens (tertiary/aromatic N) is 4. The lowest BCUT2D eigenvalue weighted by atomic mass is 10.2. The minimum atomic E-state index is -0.340. The molecule has 0 radical (unpaired) electrons. The smallest absolute Gasteiger partial charge is 0.276 e. The number of anilines is 1. The van der Waals surface area contributed by atoms with Gasteiger partial charge in [-0.05, 0) is 34.7 Å². The van der Waals surface area contributed by atoms with E-state index in [9.17, 15) is 4.79 Å². The molecular weight excluding hydrogens is 499 g/mol. The summed E-state index contributed by atoms with van der Waals surface area (Å²) in [7, 11) is 1.69. The third-order valence-corrected chi connectivity index (χ3v) is 5.21. The van der Waals surface area contributed by atoms with Crippen LogP contribution in [-0.4, -0.2) is 25.5 Å².